The van der Waals surface area contributed by atoms with E-state index < -0.39 is 17.5 Å². The molecule has 2 nitrogen and oxygen atoms in total. The molecule has 0 bridgehead atoms. The lowest BCUT2D eigenvalue weighted by atomic mass is 10.0. The van der Waals surface area contributed by atoms with E-state index >= 15 is 0 Å². The van der Waals surface area contributed by atoms with Crippen molar-refractivity contribution < 1.29 is 23.0 Å². The molecule has 0 fully saturated rings. The van der Waals surface area contributed by atoms with E-state index in [2.05, 4.69) is 0 Å². The highest BCUT2D eigenvalue weighted by atomic mass is 19.2. The smallest absolute Gasteiger partial charge is 0.167 e. The predicted molar refractivity (Wildman–Crippen MR) is 130 cm³/mol. The van der Waals surface area contributed by atoms with E-state index in [-0.39, 0.29) is 23.5 Å². The fourth-order valence-corrected chi connectivity index (χ4v) is 3.63. The number of hydrogen-bond acceptors (Lipinski definition) is 2. The van der Waals surface area contributed by atoms with Gasteiger partial charge in [-0.3, -0.25) is 0 Å². The molecule has 0 radical (unpaired) electrons. The highest BCUT2D eigenvalue weighted by Gasteiger charge is 2.13. The van der Waals surface area contributed by atoms with E-state index in [9.17, 15) is 13.2 Å². The van der Waals surface area contributed by atoms with Gasteiger partial charge in [-0.2, -0.15) is 0 Å². The van der Waals surface area contributed by atoms with E-state index in [1.807, 2.05) is 24.3 Å². The zero-order chi connectivity index (χ0) is 24.1. The summed E-state index contributed by atoms with van der Waals surface area (Å²) in [5.74, 6) is -2.06. The number of aliphatic hydroxyl groups is 1. The Morgan fingerprint density at radius 1 is 0.735 bits per heavy atom. The summed E-state index contributed by atoms with van der Waals surface area (Å²) in [7, 11) is 0. The zero-order valence-corrected chi connectivity index (χ0v) is 18.6. The standard InChI is InChI=1S/C29H23F3O2/c1-2-34-27-16-14-24(17-26(27)30)21-8-3-19(4-9-21)5-12-23-13-15-25(29(32)28(23)31)22-10-6-20(18-33)7-11-22/h3-17,33H,2,18H2,1H3/b12-5+. The molecule has 0 saturated carbocycles. The van der Waals surface area contributed by atoms with Crippen molar-refractivity contribution in [3.63, 3.8) is 0 Å². The number of rotatable bonds is 7. The van der Waals surface area contributed by atoms with E-state index in [0.29, 0.717) is 23.3 Å². The van der Waals surface area contributed by atoms with Gasteiger partial charge in [0.1, 0.15) is 0 Å². The van der Waals surface area contributed by atoms with Gasteiger partial charge in [0.05, 0.1) is 13.2 Å². The van der Waals surface area contributed by atoms with Crippen molar-refractivity contribution in [1.29, 1.82) is 0 Å². The summed E-state index contributed by atoms with van der Waals surface area (Å²) in [5.41, 5.74) is 3.85. The van der Waals surface area contributed by atoms with Crippen LogP contribution in [0, 0.1) is 17.5 Å². The van der Waals surface area contributed by atoms with Crippen molar-refractivity contribution >= 4 is 12.2 Å². The molecule has 4 rings (SSSR count). The van der Waals surface area contributed by atoms with Crippen LogP contribution in [-0.4, -0.2) is 11.7 Å². The summed E-state index contributed by atoms with van der Waals surface area (Å²) >= 11 is 0. The van der Waals surface area contributed by atoms with Gasteiger partial charge in [0, 0.05) is 11.1 Å². The summed E-state index contributed by atoms with van der Waals surface area (Å²) in [6.07, 6.45) is 3.21. The number of ether oxygens (including phenoxy) is 1. The quantitative estimate of drug-likeness (QED) is 0.289. The van der Waals surface area contributed by atoms with Gasteiger partial charge in [0.15, 0.2) is 23.2 Å². The molecule has 0 spiro atoms. The lowest BCUT2D eigenvalue weighted by Crippen LogP contribution is -1.94. The third kappa shape index (κ3) is 5.05. The molecule has 0 saturated heterocycles. The molecule has 0 heterocycles. The first-order valence-corrected chi connectivity index (χ1v) is 10.9. The van der Waals surface area contributed by atoms with Gasteiger partial charge in [-0.05, 0) is 46.9 Å². The van der Waals surface area contributed by atoms with Crippen molar-refractivity contribution in [2.75, 3.05) is 6.61 Å². The van der Waals surface area contributed by atoms with Crippen molar-refractivity contribution in [3.05, 3.63) is 113 Å². The van der Waals surface area contributed by atoms with E-state index in [0.717, 1.165) is 11.1 Å². The van der Waals surface area contributed by atoms with Crippen LogP contribution in [0.3, 0.4) is 0 Å². The average Bonchev–Trinajstić information content (AvgIpc) is 2.87. The predicted octanol–water partition coefficient (Wildman–Crippen LogP) is 7.50. The Labute approximate surface area is 196 Å². The molecule has 0 amide bonds. The normalized spacial score (nSPS) is 11.2. The molecule has 5 heteroatoms. The fraction of sp³-hybridized carbons (Fsp3) is 0.103. The highest BCUT2D eigenvalue weighted by molar-refractivity contribution is 5.74. The van der Waals surface area contributed by atoms with Crippen LogP contribution >= 0.6 is 0 Å². The monoisotopic (exact) mass is 460 g/mol. The fourth-order valence-electron chi connectivity index (χ4n) is 3.63. The lowest BCUT2D eigenvalue weighted by molar-refractivity contribution is 0.282. The minimum absolute atomic E-state index is 0.112. The first-order valence-electron chi connectivity index (χ1n) is 10.9. The molecule has 0 aliphatic rings. The van der Waals surface area contributed by atoms with Crippen LogP contribution < -0.4 is 4.74 Å². The van der Waals surface area contributed by atoms with E-state index in [4.69, 9.17) is 9.84 Å². The van der Waals surface area contributed by atoms with Gasteiger partial charge in [-0.1, -0.05) is 78.9 Å². The Hall–Kier alpha value is -3.83. The van der Waals surface area contributed by atoms with Crippen LogP contribution in [0.1, 0.15) is 23.6 Å². The van der Waals surface area contributed by atoms with Gasteiger partial charge in [-0.15, -0.1) is 0 Å². The number of hydrogen-bond donors (Lipinski definition) is 1. The third-order valence-electron chi connectivity index (χ3n) is 5.49. The highest BCUT2D eigenvalue weighted by Crippen LogP contribution is 2.29. The third-order valence-corrected chi connectivity index (χ3v) is 5.49. The molecule has 0 aliphatic carbocycles. The van der Waals surface area contributed by atoms with Crippen LogP contribution in [0.4, 0.5) is 13.2 Å². The maximum absolute atomic E-state index is 14.7. The molecule has 0 atom stereocenters. The molecule has 0 unspecified atom stereocenters. The van der Waals surface area contributed by atoms with Gasteiger partial charge in [-0.25, -0.2) is 13.2 Å². The molecule has 172 valence electrons. The van der Waals surface area contributed by atoms with Gasteiger partial charge in [0.25, 0.3) is 0 Å². The van der Waals surface area contributed by atoms with E-state index in [1.165, 1.54) is 24.3 Å². The second-order valence-electron chi connectivity index (χ2n) is 7.72. The maximum Gasteiger partial charge on any atom is 0.167 e. The molecule has 0 aromatic heterocycles. The molecule has 1 N–H and O–H groups in total. The molecule has 4 aromatic rings. The summed E-state index contributed by atoms with van der Waals surface area (Å²) in [4.78, 5) is 0. The molecule has 0 aliphatic heterocycles. The second kappa shape index (κ2) is 10.4. The lowest BCUT2D eigenvalue weighted by Gasteiger charge is -2.08. The van der Waals surface area contributed by atoms with Crippen LogP contribution in [-0.2, 0) is 6.61 Å². The average molecular weight is 460 g/mol. The van der Waals surface area contributed by atoms with Crippen molar-refractivity contribution in [3.8, 4) is 28.0 Å². The molecule has 34 heavy (non-hydrogen) atoms. The van der Waals surface area contributed by atoms with E-state index in [1.54, 1.807) is 49.4 Å². The first-order chi connectivity index (χ1) is 16.5. The van der Waals surface area contributed by atoms with Crippen molar-refractivity contribution in [2.24, 2.45) is 0 Å². The summed E-state index contributed by atoms with van der Waals surface area (Å²) in [6, 6.07) is 21.8. The molecular formula is C29H23F3O2. The summed E-state index contributed by atoms with van der Waals surface area (Å²) < 4.78 is 48.8. The van der Waals surface area contributed by atoms with Crippen molar-refractivity contribution in [1.82, 2.24) is 0 Å². The Kier molecular flexibility index (Phi) is 7.14. The molecule has 4 aromatic carbocycles. The summed E-state index contributed by atoms with van der Waals surface area (Å²) in [6.45, 7) is 2.08. The SMILES string of the molecule is CCOc1ccc(-c2ccc(/C=C/c3ccc(-c4ccc(CO)cc4)c(F)c3F)cc2)cc1F. The minimum atomic E-state index is -0.929. The van der Waals surface area contributed by atoms with Crippen LogP contribution in [0.2, 0.25) is 0 Å². The topological polar surface area (TPSA) is 29.5 Å². The van der Waals surface area contributed by atoms with Crippen molar-refractivity contribution in [2.45, 2.75) is 13.5 Å². The maximum atomic E-state index is 14.7. The number of halogens is 3. The Bertz CT molecular complexity index is 1310. The molecular weight excluding hydrogens is 437 g/mol. The first kappa shape index (κ1) is 23.3. The Morgan fingerprint density at radius 2 is 1.41 bits per heavy atom. The Morgan fingerprint density at radius 3 is 2.06 bits per heavy atom. The zero-order valence-electron chi connectivity index (χ0n) is 18.6. The number of benzene rings is 4. The largest absolute Gasteiger partial charge is 0.491 e. The number of aliphatic hydroxyl groups excluding tert-OH is 1. The summed E-state index contributed by atoms with van der Waals surface area (Å²) in [5, 5.41) is 9.14. The van der Waals surface area contributed by atoms with Gasteiger partial charge >= 0.3 is 0 Å². The van der Waals surface area contributed by atoms with Crippen LogP contribution in [0.15, 0.2) is 78.9 Å². The second-order valence-corrected chi connectivity index (χ2v) is 7.72. The van der Waals surface area contributed by atoms with Crippen LogP contribution in [0.5, 0.6) is 5.75 Å². The minimum Gasteiger partial charge on any atom is -0.491 e. The Balaban J connectivity index is 1.52. The van der Waals surface area contributed by atoms with Gasteiger partial charge < -0.3 is 9.84 Å². The van der Waals surface area contributed by atoms with Gasteiger partial charge in [0.2, 0.25) is 0 Å². The van der Waals surface area contributed by atoms with Crippen LogP contribution in [0.25, 0.3) is 34.4 Å².